The summed E-state index contributed by atoms with van der Waals surface area (Å²) in [6.45, 7) is 13.5. The molecule has 0 aromatic heterocycles. The van der Waals surface area contributed by atoms with E-state index >= 15 is 0 Å². The van der Waals surface area contributed by atoms with Gasteiger partial charge in [-0.1, -0.05) is 39.0 Å². The van der Waals surface area contributed by atoms with E-state index in [0.717, 1.165) is 4.90 Å². The number of halogens is 1. The maximum atomic E-state index is 14.3. The van der Waals surface area contributed by atoms with Gasteiger partial charge < -0.3 is 25.4 Å². The molecule has 0 spiro atoms. The second-order valence-electron chi connectivity index (χ2n) is 14.7. The topological polar surface area (TPSA) is 171 Å². The molecule has 1 heterocycles. The lowest BCUT2D eigenvalue weighted by atomic mass is 9.80. The first-order chi connectivity index (χ1) is 20.6. The van der Waals surface area contributed by atoms with Crippen LogP contribution in [0.15, 0.2) is 36.7 Å². The van der Waals surface area contributed by atoms with Crippen molar-refractivity contribution in [3.05, 3.63) is 36.7 Å². The van der Waals surface area contributed by atoms with Crippen LogP contribution in [0.2, 0.25) is 0 Å². The van der Waals surface area contributed by atoms with Crippen LogP contribution in [0.1, 0.15) is 73.6 Å². The van der Waals surface area contributed by atoms with Gasteiger partial charge in [-0.05, 0) is 51.5 Å². The van der Waals surface area contributed by atoms with Gasteiger partial charge in [0, 0.05) is 24.7 Å². The second-order valence-corrected chi connectivity index (χ2v) is 16.7. The molecule has 3 fully saturated rings. The number of carbonyl (C=O) groups is 4. The summed E-state index contributed by atoms with van der Waals surface area (Å²) >= 11 is 0. The van der Waals surface area contributed by atoms with Gasteiger partial charge in [0.2, 0.25) is 21.8 Å². The molecular weight excluding hydrogens is 607 g/mol. The number of sulfonamides is 1. The van der Waals surface area contributed by atoms with Gasteiger partial charge in [0.15, 0.2) is 0 Å². The summed E-state index contributed by atoms with van der Waals surface area (Å²) in [5, 5.41) is 16.4. The Hall–Kier alpha value is -3.26. The van der Waals surface area contributed by atoms with Crippen LogP contribution in [0.5, 0.6) is 0 Å². The quantitative estimate of drug-likeness (QED) is 0.275. The van der Waals surface area contributed by atoms with Crippen LogP contribution in [0.4, 0.5) is 9.18 Å². The van der Waals surface area contributed by atoms with Gasteiger partial charge in [0.05, 0.1) is 17.4 Å². The number of nitrogens with zero attached hydrogens (tertiary/aromatic N) is 1. The molecule has 12 nitrogen and oxygen atoms in total. The standard InChI is InChI=1S/C31H45FN4O8S/c1-8-18-15-31(18,26(39)35-45(42,43)21-12-13-21)34-24(37)22-16-30(41,19-10-9-11-20(32)14-19)17-36(22)25(38)23(28(2,3)4)33-27(40)44-29(5,6)7/h8-11,18-19,21-23,41H,1,12-17H2,2-7H3,(H,33,40)(H,34,37)(H,35,39)/t18-,19?,22+,23-,30+,31-/m1/s1. The molecule has 0 aromatic carbocycles. The molecule has 45 heavy (non-hydrogen) atoms. The number of alkyl carbamates (subject to hydrolysis) is 1. The highest BCUT2D eigenvalue weighted by Gasteiger charge is 2.63. The van der Waals surface area contributed by atoms with Crippen LogP contribution in [-0.4, -0.2) is 82.9 Å². The van der Waals surface area contributed by atoms with E-state index in [1.165, 1.54) is 18.2 Å². The van der Waals surface area contributed by atoms with Crippen molar-refractivity contribution in [2.45, 2.75) is 108 Å². The number of ether oxygens (including phenoxy) is 1. The summed E-state index contributed by atoms with van der Waals surface area (Å²) < 4.78 is 46.9. The summed E-state index contributed by atoms with van der Waals surface area (Å²) in [6, 6.07) is -2.54. The van der Waals surface area contributed by atoms with E-state index in [9.17, 15) is 37.1 Å². The van der Waals surface area contributed by atoms with Gasteiger partial charge in [-0.3, -0.25) is 19.1 Å². The molecule has 6 atom stereocenters. The molecule has 4 N–H and O–H groups in total. The zero-order valence-electron chi connectivity index (χ0n) is 26.7. The summed E-state index contributed by atoms with van der Waals surface area (Å²) in [6.07, 6.45) is 5.44. The minimum Gasteiger partial charge on any atom is -0.444 e. The average Bonchev–Trinajstić information content (AvgIpc) is 3.82. The second kappa shape index (κ2) is 11.8. The molecule has 1 aliphatic heterocycles. The lowest BCUT2D eigenvalue weighted by Crippen LogP contribution is -2.60. The van der Waals surface area contributed by atoms with Gasteiger partial charge in [-0.2, -0.15) is 0 Å². The highest BCUT2D eigenvalue weighted by atomic mass is 32.2. The number of hydrogen-bond acceptors (Lipinski definition) is 8. The number of likely N-dealkylation sites (tertiary alicyclic amines) is 1. The monoisotopic (exact) mass is 652 g/mol. The van der Waals surface area contributed by atoms with E-state index in [-0.39, 0.29) is 25.8 Å². The van der Waals surface area contributed by atoms with Crippen LogP contribution < -0.4 is 15.4 Å². The lowest BCUT2D eigenvalue weighted by Gasteiger charge is -2.36. The normalized spacial score (nSPS) is 30.5. The third kappa shape index (κ3) is 7.59. The molecule has 2 saturated carbocycles. The molecule has 250 valence electrons. The largest absolute Gasteiger partial charge is 0.444 e. The van der Waals surface area contributed by atoms with Crippen molar-refractivity contribution in [3.8, 4) is 0 Å². The molecule has 0 radical (unpaired) electrons. The van der Waals surface area contributed by atoms with Crippen LogP contribution in [-0.2, 0) is 29.1 Å². The first kappa shape index (κ1) is 34.6. The van der Waals surface area contributed by atoms with Gasteiger partial charge in [-0.25, -0.2) is 17.6 Å². The van der Waals surface area contributed by atoms with Crippen molar-refractivity contribution >= 4 is 33.8 Å². The van der Waals surface area contributed by atoms with E-state index in [1.54, 1.807) is 47.6 Å². The number of allylic oxidation sites excluding steroid dienone is 3. The third-order valence-electron chi connectivity index (χ3n) is 8.70. The number of hydrogen-bond donors (Lipinski definition) is 4. The smallest absolute Gasteiger partial charge is 0.408 e. The minimum atomic E-state index is -3.92. The molecule has 4 aliphatic rings. The fourth-order valence-corrected chi connectivity index (χ4v) is 7.28. The molecule has 0 bridgehead atoms. The van der Waals surface area contributed by atoms with Crippen molar-refractivity contribution in [3.63, 3.8) is 0 Å². The number of rotatable bonds is 9. The molecular formula is C31H45FN4O8S. The highest BCUT2D eigenvalue weighted by Crippen LogP contribution is 2.46. The van der Waals surface area contributed by atoms with Gasteiger partial charge in [-0.15, -0.1) is 6.58 Å². The zero-order valence-corrected chi connectivity index (χ0v) is 27.5. The Morgan fingerprint density at radius 2 is 1.80 bits per heavy atom. The van der Waals surface area contributed by atoms with E-state index in [4.69, 9.17) is 4.74 Å². The summed E-state index contributed by atoms with van der Waals surface area (Å²) in [7, 11) is -3.92. The van der Waals surface area contributed by atoms with E-state index in [1.807, 2.05) is 0 Å². The molecule has 3 aliphatic carbocycles. The zero-order chi connectivity index (χ0) is 33.8. The van der Waals surface area contributed by atoms with Crippen LogP contribution in [0.3, 0.4) is 0 Å². The predicted molar refractivity (Wildman–Crippen MR) is 163 cm³/mol. The van der Waals surface area contributed by atoms with Gasteiger partial charge in [0.1, 0.15) is 29.1 Å². The van der Waals surface area contributed by atoms with Crippen molar-refractivity contribution in [1.82, 2.24) is 20.3 Å². The molecule has 1 saturated heterocycles. The Kier molecular flexibility index (Phi) is 9.10. The Morgan fingerprint density at radius 3 is 2.31 bits per heavy atom. The summed E-state index contributed by atoms with van der Waals surface area (Å²) in [5.74, 6) is -4.21. The summed E-state index contributed by atoms with van der Waals surface area (Å²) in [5.41, 5.74) is -5.09. The Balaban J connectivity index is 1.64. The molecule has 4 rings (SSSR count). The van der Waals surface area contributed by atoms with E-state index in [2.05, 4.69) is 21.9 Å². The van der Waals surface area contributed by atoms with Crippen LogP contribution >= 0.6 is 0 Å². The van der Waals surface area contributed by atoms with Gasteiger partial charge >= 0.3 is 6.09 Å². The Morgan fingerprint density at radius 1 is 1.16 bits per heavy atom. The van der Waals surface area contributed by atoms with Crippen molar-refractivity contribution < 1.29 is 41.8 Å². The molecule has 1 unspecified atom stereocenters. The van der Waals surface area contributed by atoms with Crippen molar-refractivity contribution in [2.24, 2.45) is 17.3 Å². The summed E-state index contributed by atoms with van der Waals surface area (Å²) in [4.78, 5) is 55.5. The van der Waals surface area contributed by atoms with E-state index in [0.29, 0.717) is 12.8 Å². The number of β-amino-alcohol motifs (C(OH)–C–C–N with tert-alkyl or cyclic N) is 1. The SMILES string of the molecule is C=C[C@@H]1C[C@]1(NC(=O)[C@@H]1C[C@@](O)(C2C=CC=C(F)C2)CN1C(=O)[C@@H](NC(=O)OC(C)(C)C)C(C)(C)C)C(=O)NS(=O)(=O)C1CC1. The molecule has 0 aromatic rings. The third-order valence-corrected chi connectivity index (χ3v) is 10.5. The van der Waals surface area contributed by atoms with E-state index < -0.39 is 91.0 Å². The number of aliphatic hydroxyl groups is 1. The molecule has 4 amide bonds. The predicted octanol–water partition coefficient (Wildman–Crippen LogP) is 2.36. The fraction of sp³-hybridized carbons (Fsp3) is 0.677. The fourth-order valence-electron chi connectivity index (χ4n) is 5.92. The van der Waals surface area contributed by atoms with Gasteiger partial charge in [0.25, 0.3) is 5.91 Å². The number of nitrogens with one attached hydrogen (secondary N) is 3. The highest BCUT2D eigenvalue weighted by molar-refractivity contribution is 7.91. The van der Waals surface area contributed by atoms with Crippen molar-refractivity contribution in [2.75, 3.05) is 6.54 Å². The number of carbonyl (C=O) groups excluding carboxylic acids is 4. The first-order valence-corrected chi connectivity index (χ1v) is 16.7. The Bertz CT molecular complexity index is 1430. The maximum absolute atomic E-state index is 14.3. The average molecular weight is 653 g/mol. The molecule has 14 heteroatoms. The Labute approximate surface area is 263 Å². The lowest BCUT2D eigenvalue weighted by molar-refractivity contribution is -0.143. The van der Waals surface area contributed by atoms with Crippen molar-refractivity contribution in [1.29, 1.82) is 0 Å². The minimum absolute atomic E-state index is 0.0887. The maximum Gasteiger partial charge on any atom is 0.408 e. The van der Waals surface area contributed by atoms with Crippen LogP contribution in [0, 0.1) is 17.3 Å². The van der Waals surface area contributed by atoms with Crippen LogP contribution in [0.25, 0.3) is 0 Å². The number of amides is 4. The first-order valence-electron chi connectivity index (χ1n) is 15.2.